The second-order valence-corrected chi connectivity index (χ2v) is 4.59. The molecule has 1 aliphatic heterocycles. The molecule has 110 valence electrons. The molecule has 1 aromatic rings. The number of hydrazine groups is 1. The van der Waals surface area contributed by atoms with E-state index < -0.39 is 0 Å². The van der Waals surface area contributed by atoms with Gasteiger partial charge in [-0.05, 0) is 36.6 Å². The number of methoxy groups -OCH3 is 2. The number of ether oxygens (including phenoxy) is 2. The van der Waals surface area contributed by atoms with Crippen molar-refractivity contribution in [1.82, 2.24) is 10.3 Å². The first-order chi connectivity index (χ1) is 9.73. The lowest BCUT2D eigenvalue weighted by atomic mass is 9.99. The Morgan fingerprint density at radius 3 is 2.50 bits per heavy atom. The SMILES string of the molecule is CCN=C(NN)N1CCc2cc(OC)c(OC)cc2C1. The number of aliphatic imine (C=N–C) groups is 1. The van der Waals surface area contributed by atoms with Crippen molar-refractivity contribution in [3.05, 3.63) is 23.3 Å². The topological polar surface area (TPSA) is 72.1 Å². The van der Waals surface area contributed by atoms with E-state index in [1.54, 1.807) is 14.2 Å². The van der Waals surface area contributed by atoms with E-state index in [2.05, 4.69) is 21.4 Å². The van der Waals surface area contributed by atoms with E-state index in [4.69, 9.17) is 15.3 Å². The lowest BCUT2D eigenvalue weighted by molar-refractivity contribution is 0.346. The van der Waals surface area contributed by atoms with Crippen LogP contribution in [0, 0.1) is 0 Å². The van der Waals surface area contributed by atoms with Crippen LogP contribution in [-0.4, -0.2) is 38.2 Å². The molecule has 0 aromatic heterocycles. The zero-order chi connectivity index (χ0) is 14.5. The molecule has 1 heterocycles. The molecule has 0 spiro atoms. The molecule has 1 aromatic carbocycles. The van der Waals surface area contributed by atoms with Crippen molar-refractivity contribution in [1.29, 1.82) is 0 Å². The second-order valence-electron chi connectivity index (χ2n) is 4.59. The third-order valence-electron chi connectivity index (χ3n) is 3.45. The monoisotopic (exact) mass is 278 g/mol. The van der Waals surface area contributed by atoms with Gasteiger partial charge in [0.05, 0.1) is 14.2 Å². The van der Waals surface area contributed by atoms with Gasteiger partial charge in [0.25, 0.3) is 0 Å². The molecular formula is C14H22N4O2. The van der Waals surface area contributed by atoms with E-state index in [0.29, 0.717) is 6.54 Å². The number of fused-ring (bicyclic) bond motifs is 1. The van der Waals surface area contributed by atoms with Crippen LogP contribution in [0.1, 0.15) is 18.1 Å². The molecule has 0 amide bonds. The maximum atomic E-state index is 5.54. The van der Waals surface area contributed by atoms with Gasteiger partial charge < -0.3 is 14.4 Å². The lowest BCUT2D eigenvalue weighted by Crippen LogP contribution is -2.46. The van der Waals surface area contributed by atoms with Crippen LogP contribution >= 0.6 is 0 Å². The number of hydrogen-bond acceptors (Lipinski definition) is 4. The highest BCUT2D eigenvalue weighted by atomic mass is 16.5. The summed E-state index contributed by atoms with van der Waals surface area (Å²) in [7, 11) is 3.31. The Balaban J connectivity index is 2.27. The summed E-state index contributed by atoms with van der Waals surface area (Å²) in [5, 5.41) is 0. The third kappa shape index (κ3) is 2.80. The fraction of sp³-hybridized carbons (Fsp3) is 0.500. The minimum absolute atomic E-state index is 0.703. The number of benzene rings is 1. The van der Waals surface area contributed by atoms with E-state index in [0.717, 1.165) is 37.0 Å². The van der Waals surface area contributed by atoms with E-state index in [9.17, 15) is 0 Å². The Labute approximate surface area is 119 Å². The number of rotatable bonds is 3. The van der Waals surface area contributed by atoms with Gasteiger partial charge in [0.1, 0.15) is 0 Å². The number of nitrogens with zero attached hydrogens (tertiary/aromatic N) is 2. The first-order valence-electron chi connectivity index (χ1n) is 6.73. The summed E-state index contributed by atoms with van der Waals surface area (Å²) in [6.45, 7) is 4.34. The molecule has 0 radical (unpaired) electrons. The average molecular weight is 278 g/mol. The first-order valence-corrected chi connectivity index (χ1v) is 6.73. The Morgan fingerprint density at radius 1 is 1.30 bits per heavy atom. The van der Waals surface area contributed by atoms with Gasteiger partial charge in [0, 0.05) is 19.6 Å². The van der Waals surface area contributed by atoms with Crippen LogP contribution < -0.4 is 20.7 Å². The fourth-order valence-electron chi connectivity index (χ4n) is 2.45. The summed E-state index contributed by atoms with van der Waals surface area (Å²) >= 11 is 0. The number of nitrogens with one attached hydrogen (secondary N) is 1. The zero-order valence-corrected chi connectivity index (χ0v) is 12.3. The van der Waals surface area contributed by atoms with Crippen LogP contribution in [0.2, 0.25) is 0 Å². The minimum Gasteiger partial charge on any atom is -0.493 e. The molecule has 0 bridgehead atoms. The van der Waals surface area contributed by atoms with Crippen LogP contribution in [0.4, 0.5) is 0 Å². The van der Waals surface area contributed by atoms with Crippen molar-refractivity contribution < 1.29 is 9.47 Å². The molecule has 2 rings (SSSR count). The summed E-state index contributed by atoms with van der Waals surface area (Å²) in [5.74, 6) is 7.80. The summed E-state index contributed by atoms with van der Waals surface area (Å²) in [4.78, 5) is 6.50. The van der Waals surface area contributed by atoms with Crippen molar-refractivity contribution in [2.75, 3.05) is 27.3 Å². The largest absolute Gasteiger partial charge is 0.493 e. The molecule has 6 nitrogen and oxygen atoms in total. The van der Waals surface area contributed by atoms with Crippen LogP contribution in [0.5, 0.6) is 11.5 Å². The molecule has 6 heteroatoms. The molecule has 0 fully saturated rings. The minimum atomic E-state index is 0.703. The molecule has 0 saturated heterocycles. The smallest absolute Gasteiger partial charge is 0.208 e. The average Bonchev–Trinajstić information content (AvgIpc) is 2.50. The first kappa shape index (κ1) is 14.5. The highest BCUT2D eigenvalue weighted by molar-refractivity contribution is 5.79. The van der Waals surface area contributed by atoms with E-state index in [1.807, 2.05) is 13.0 Å². The summed E-state index contributed by atoms with van der Waals surface area (Å²) in [5.41, 5.74) is 5.17. The van der Waals surface area contributed by atoms with Gasteiger partial charge in [0.2, 0.25) is 5.96 Å². The fourth-order valence-corrected chi connectivity index (χ4v) is 2.45. The molecule has 0 unspecified atom stereocenters. The Bertz CT molecular complexity index is 502. The number of guanidine groups is 1. The van der Waals surface area contributed by atoms with Gasteiger partial charge in [-0.2, -0.15) is 0 Å². The van der Waals surface area contributed by atoms with Gasteiger partial charge in [-0.25, -0.2) is 5.84 Å². The Kier molecular flexibility index (Phi) is 4.68. The van der Waals surface area contributed by atoms with Crippen LogP contribution in [0.25, 0.3) is 0 Å². The molecule has 3 N–H and O–H groups in total. The van der Waals surface area contributed by atoms with Crippen LogP contribution in [-0.2, 0) is 13.0 Å². The van der Waals surface area contributed by atoms with Gasteiger partial charge >= 0.3 is 0 Å². The van der Waals surface area contributed by atoms with Crippen molar-refractivity contribution in [3.8, 4) is 11.5 Å². The van der Waals surface area contributed by atoms with Crippen molar-refractivity contribution in [3.63, 3.8) is 0 Å². The number of hydrogen-bond donors (Lipinski definition) is 2. The lowest BCUT2D eigenvalue weighted by Gasteiger charge is -2.31. The maximum absolute atomic E-state index is 5.54. The van der Waals surface area contributed by atoms with E-state index in [-0.39, 0.29) is 0 Å². The summed E-state index contributed by atoms with van der Waals surface area (Å²) < 4.78 is 10.7. The molecule has 20 heavy (non-hydrogen) atoms. The summed E-state index contributed by atoms with van der Waals surface area (Å²) in [6.07, 6.45) is 0.931. The normalized spacial score (nSPS) is 14.8. The van der Waals surface area contributed by atoms with E-state index >= 15 is 0 Å². The molecular weight excluding hydrogens is 256 g/mol. The van der Waals surface area contributed by atoms with Gasteiger partial charge in [-0.15, -0.1) is 0 Å². The Hall–Kier alpha value is -1.95. The molecule has 0 saturated carbocycles. The Morgan fingerprint density at radius 2 is 1.95 bits per heavy atom. The van der Waals surface area contributed by atoms with Crippen molar-refractivity contribution in [2.24, 2.45) is 10.8 Å². The van der Waals surface area contributed by atoms with Crippen LogP contribution in [0.15, 0.2) is 17.1 Å². The second kappa shape index (κ2) is 6.47. The van der Waals surface area contributed by atoms with E-state index in [1.165, 1.54) is 11.1 Å². The summed E-state index contributed by atoms with van der Waals surface area (Å²) in [6, 6.07) is 4.08. The third-order valence-corrected chi connectivity index (χ3v) is 3.45. The van der Waals surface area contributed by atoms with Gasteiger partial charge in [-0.3, -0.25) is 10.4 Å². The maximum Gasteiger partial charge on any atom is 0.208 e. The molecule has 0 atom stereocenters. The highest BCUT2D eigenvalue weighted by Gasteiger charge is 2.21. The highest BCUT2D eigenvalue weighted by Crippen LogP contribution is 2.33. The molecule has 0 aliphatic carbocycles. The standard InChI is InChI=1S/C14H22N4O2/c1-4-16-14(17-15)18-6-5-10-7-12(19-2)13(20-3)8-11(10)9-18/h7-8H,4-6,9,15H2,1-3H3,(H,16,17). The number of nitrogens with two attached hydrogens (primary N) is 1. The van der Waals surface area contributed by atoms with Gasteiger partial charge in [0.15, 0.2) is 11.5 Å². The predicted octanol–water partition coefficient (Wildman–Crippen LogP) is 0.901. The van der Waals surface area contributed by atoms with Crippen LogP contribution in [0.3, 0.4) is 0 Å². The predicted molar refractivity (Wildman–Crippen MR) is 79.0 cm³/mol. The quantitative estimate of drug-likeness (QED) is 0.372. The van der Waals surface area contributed by atoms with Crippen molar-refractivity contribution in [2.45, 2.75) is 19.9 Å². The zero-order valence-electron chi connectivity index (χ0n) is 12.3. The van der Waals surface area contributed by atoms with Crippen molar-refractivity contribution >= 4 is 5.96 Å². The van der Waals surface area contributed by atoms with Gasteiger partial charge in [-0.1, -0.05) is 0 Å². The molecule has 1 aliphatic rings.